The van der Waals surface area contributed by atoms with Crippen LogP contribution in [0.2, 0.25) is 0 Å². The molecule has 1 heterocycles. The van der Waals surface area contributed by atoms with Gasteiger partial charge in [-0.05, 0) is 35.2 Å². The first-order valence-electron chi connectivity index (χ1n) is 6.32. The average Bonchev–Trinajstić information content (AvgIpc) is 2.75. The van der Waals surface area contributed by atoms with Gasteiger partial charge >= 0.3 is 0 Å². The fourth-order valence-electron chi connectivity index (χ4n) is 2.38. The first-order valence-corrected chi connectivity index (χ1v) is 7.26. The maximum atomic E-state index is 12.1. The van der Waals surface area contributed by atoms with Crippen LogP contribution in [-0.2, 0) is 11.3 Å². The molecular formula is C13H20N2OS. The minimum Gasteiger partial charge on any atom is -0.352 e. The van der Waals surface area contributed by atoms with E-state index in [9.17, 15) is 4.79 Å². The maximum Gasteiger partial charge on any atom is 0.224 e. The van der Waals surface area contributed by atoms with E-state index < -0.39 is 0 Å². The van der Waals surface area contributed by atoms with E-state index in [4.69, 9.17) is 5.73 Å². The van der Waals surface area contributed by atoms with Crippen molar-refractivity contribution in [1.82, 2.24) is 5.32 Å². The fraction of sp³-hybridized carbons (Fsp3) is 0.615. The van der Waals surface area contributed by atoms with Crippen LogP contribution in [0.3, 0.4) is 0 Å². The normalized spacial score (nSPS) is 25.2. The lowest BCUT2D eigenvalue weighted by Gasteiger charge is -2.20. The lowest BCUT2D eigenvalue weighted by molar-refractivity contribution is -0.126. The van der Waals surface area contributed by atoms with Crippen molar-refractivity contribution in [3.05, 3.63) is 22.4 Å². The predicted molar refractivity (Wildman–Crippen MR) is 70.7 cm³/mol. The second kappa shape index (κ2) is 6.17. The molecule has 2 atom stereocenters. The molecule has 4 heteroatoms. The van der Waals surface area contributed by atoms with Crippen LogP contribution < -0.4 is 11.1 Å². The van der Waals surface area contributed by atoms with E-state index in [0.29, 0.717) is 6.54 Å². The number of carbonyl (C=O) groups excluding carboxylic acids is 1. The zero-order chi connectivity index (χ0) is 12.1. The monoisotopic (exact) mass is 252 g/mol. The number of rotatable bonds is 3. The minimum absolute atomic E-state index is 0.0103. The highest BCUT2D eigenvalue weighted by Crippen LogP contribution is 2.22. The first kappa shape index (κ1) is 12.6. The summed E-state index contributed by atoms with van der Waals surface area (Å²) < 4.78 is 0. The number of nitrogens with one attached hydrogen (secondary N) is 1. The third-order valence-electron chi connectivity index (χ3n) is 3.45. The Balaban J connectivity index is 1.85. The molecule has 0 aliphatic heterocycles. The molecule has 1 amide bonds. The third-order valence-corrected chi connectivity index (χ3v) is 4.19. The first-order chi connectivity index (χ1) is 8.27. The van der Waals surface area contributed by atoms with Gasteiger partial charge in [-0.2, -0.15) is 11.3 Å². The highest BCUT2D eigenvalue weighted by atomic mass is 32.1. The number of amides is 1. The second-order valence-corrected chi connectivity index (χ2v) is 5.54. The molecule has 1 fully saturated rings. The molecular weight excluding hydrogens is 232 g/mol. The van der Waals surface area contributed by atoms with Crippen molar-refractivity contribution < 1.29 is 4.79 Å². The molecule has 0 aromatic carbocycles. The van der Waals surface area contributed by atoms with E-state index in [1.165, 1.54) is 12.0 Å². The van der Waals surface area contributed by atoms with Crippen LogP contribution in [0.15, 0.2) is 16.8 Å². The molecule has 0 saturated heterocycles. The second-order valence-electron chi connectivity index (χ2n) is 4.76. The van der Waals surface area contributed by atoms with Gasteiger partial charge in [0.25, 0.3) is 0 Å². The highest BCUT2D eigenvalue weighted by molar-refractivity contribution is 7.07. The van der Waals surface area contributed by atoms with Gasteiger partial charge in [-0.15, -0.1) is 0 Å². The Morgan fingerprint density at radius 1 is 1.41 bits per heavy atom. The predicted octanol–water partition coefficient (Wildman–Crippen LogP) is 2.27. The van der Waals surface area contributed by atoms with Gasteiger partial charge in [0.15, 0.2) is 0 Å². The van der Waals surface area contributed by atoms with Gasteiger partial charge in [-0.1, -0.05) is 19.3 Å². The standard InChI is InChI=1S/C13H20N2OS/c14-12-5-3-1-2-4-11(12)13(16)15-8-10-6-7-17-9-10/h6-7,9,11-12H,1-5,8,14H2,(H,15,16). The van der Waals surface area contributed by atoms with E-state index >= 15 is 0 Å². The lowest BCUT2D eigenvalue weighted by atomic mass is 9.94. The van der Waals surface area contributed by atoms with Crippen molar-refractivity contribution in [2.24, 2.45) is 11.7 Å². The van der Waals surface area contributed by atoms with Crippen LogP contribution in [0.5, 0.6) is 0 Å². The molecule has 0 spiro atoms. The number of carbonyl (C=O) groups is 1. The van der Waals surface area contributed by atoms with Crippen LogP contribution >= 0.6 is 11.3 Å². The van der Waals surface area contributed by atoms with Gasteiger partial charge < -0.3 is 11.1 Å². The highest BCUT2D eigenvalue weighted by Gasteiger charge is 2.26. The Morgan fingerprint density at radius 3 is 3.00 bits per heavy atom. The van der Waals surface area contributed by atoms with Crippen molar-refractivity contribution >= 4 is 17.2 Å². The number of hydrogen-bond acceptors (Lipinski definition) is 3. The summed E-state index contributed by atoms with van der Waals surface area (Å²) in [6.45, 7) is 0.631. The smallest absolute Gasteiger partial charge is 0.224 e. The fourth-order valence-corrected chi connectivity index (χ4v) is 3.04. The van der Waals surface area contributed by atoms with E-state index in [2.05, 4.69) is 10.7 Å². The maximum absolute atomic E-state index is 12.1. The summed E-state index contributed by atoms with van der Waals surface area (Å²) in [6.07, 6.45) is 5.43. The van der Waals surface area contributed by atoms with Crippen molar-refractivity contribution in [2.45, 2.75) is 44.7 Å². The molecule has 1 aliphatic carbocycles. The minimum atomic E-state index is 0.0103. The summed E-state index contributed by atoms with van der Waals surface area (Å²) in [5.74, 6) is 0.140. The Morgan fingerprint density at radius 2 is 2.24 bits per heavy atom. The Labute approximate surface area is 106 Å². The van der Waals surface area contributed by atoms with Crippen LogP contribution in [0, 0.1) is 5.92 Å². The summed E-state index contributed by atoms with van der Waals surface area (Å²) >= 11 is 1.65. The van der Waals surface area contributed by atoms with Crippen LogP contribution in [0.1, 0.15) is 37.7 Å². The molecule has 94 valence electrons. The SMILES string of the molecule is NC1CCCCCC1C(=O)NCc1ccsc1. The third kappa shape index (κ3) is 3.54. The molecule has 2 unspecified atom stereocenters. The van der Waals surface area contributed by atoms with E-state index in [1.807, 2.05) is 11.4 Å². The summed E-state index contributed by atoms with van der Waals surface area (Å²) in [6, 6.07) is 2.08. The van der Waals surface area contributed by atoms with Crippen molar-refractivity contribution in [3.8, 4) is 0 Å². The Bertz CT molecular complexity index is 350. The topological polar surface area (TPSA) is 55.1 Å². The summed E-state index contributed by atoms with van der Waals surface area (Å²) in [5, 5.41) is 7.09. The van der Waals surface area contributed by atoms with E-state index in [1.54, 1.807) is 11.3 Å². The van der Waals surface area contributed by atoms with Crippen LogP contribution in [-0.4, -0.2) is 11.9 Å². The molecule has 1 aromatic rings. The number of hydrogen-bond donors (Lipinski definition) is 2. The van der Waals surface area contributed by atoms with Gasteiger partial charge in [0.1, 0.15) is 0 Å². The molecule has 3 nitrogen and oxygen atoms in total. The summed E-state index contributed by atoms with van der Waals surface area (Å²) in [7, 11) is 0. The van der Waals surface area contributed by atoms with Crippen LogP contribution in [0.25, 0.3) is 0 Å². The Hall–Kier alpha value is -0.870. The molecule has 1 saturated carbocycles. The molecule has 1 aromatic heterocycles. The molecule has 2 rings (SSSR count). The van der Waals surface area contributed by atoms with E-state index in [0.717, 1.165) is 25.7 Å². The van der Waals surface area contributed by atoms with Crippen LogP contribution in [0.4, 0.5) is 0 Å². The number of thiophene rings is 1. The molecule has 17 heavy (non-hydrogen) atoms. The number of nitrogens with two attached hydrogens (primary N) is 1. The van der Waals surface area contributed by atoms with Crippen molar-refractivity contribution in [2.75, 3.05) is 0 Å². The van der Waals surface area contributed by atoms with Gasteiger partial charge in [0, 0.05) is 12.6 Å². The summed E-state index contributed by atoms with van der Waals surface area (Å²) in [5.41, 5.74) is 7.24. The summed E-state index contributed by atoms with van der Waals surface area (Å²) in [4.78, 5) is 12.1. The van der Waals surface area contributed by atoms with Gasteiger partial charge in [-0.25, -0.2) is 0 Å². The molecule has 0 bridgehead atoms. The van der Waals surface area contributed by atoms with Crippen molar-refractivity contribution in [1.29, 1.82) is 0 Å². The Kier molecular flexibility index (Phi) is 4.57. The van der Waals surface area contributed by atoms with E-state index in [-0.39, 0.29) is 17.9 Å². The zero-order valence-electron chi connectivity index (χ0n) is 10.0. The quantitative estimate of drug-likeness (QED) is 0.811. The van der Waals surface area contributed by atoms with Gasteiger partial charge in [0.05, 0.1) is 5.92 Å². The zero-order valence-corrected chi connectivity index (χ0v) is 10.8. The molecule has 0 radical (unpaired) electrons. The molecule has 1 aliphatic rings. The average molecular weight is 252 g/mol. The molecule has 3 N–H and O–H groups in total. The van der Waals surface area contributed by atoms with Crippen molar-refractivity contribution in [3.63, 3.8) is 0 Å². The van der Waals surface area contributed by atoms with Gasteiger partial charge in [-0.3, -0.25) is 4.79 Å². The largest absolute Gasteiger partial charge is 0.352 e. The van der Waals surface area contributed by atoms with Gasteiger partial charge in [0.2, 0.25) is 5.91 Å². The lowest BCUT2D eigenvalue weighted by Crippen LogP contribution is -2.41.